The van der Waals surface area contributed by atoms with Crippen LogP contribution < -0.4 is 5.32 Å². The number of carbonyl (C=O) groups excluding carboxylic acids is 2. The molecule has 0 aromatic heterocycles. The lowest BCUT2D eigenvalue weighted by molar-refractivity contribution is -0.133. The molecule has 0 bridgehead atoms. The van der Waals surface area contributed by atoms with Crippen molar-refractivity contribution in [2.45, 2.75) is 43.7 Å². The first-order chi connectivity index (χ1) is 19.6. The van der Waals surface area contributed by atoms with Gasteiger partial charge in [0.05, 0.1) is 22.0 Å². The van der Waals surface area contributed by atoms with Crippen molar-refractivity contribution in [3.05, 3.63) is 105 Å². The molecule has 1 aliphatic heterocycles. The fraction of sp³-hybridized carbons (Fsp3) is 0.394. The number of hydrogen-bond acceptors (Lipinski definition) is 4. The normalized spacial score (nSPS) is 21.8. The Kier molecular flexibility index (Phi) is 9.13. The van der Waals surface area contributed by atoms with Crippen LogP contribution in [-0.2, 0) is 27.1 Å². The second-order valence-electron chi connectivity index (χ2n) is 11.6. The van der Waals surface area contributed by atoms with E-state index < -0.39 is 5.41 Å². The quantitative estimate of drug-likeness (QED) is 0.276. The van der Waals surface area contributed by atoms with Crippen LogP contribution in [0.1, 0.15) is 42.9 Å². The molecule has 0 radical (unpaired) electrons. The molecule has 1 saturated carbocycles. The number of nitrogens with one attached hydrogen (secondary N) is 1. The van der Waals surface area contributed by atoms with E-state index in [2.05, 4.69) is 34.5 Å². The van der Waals surface area contributed by atoms with Crippen molar-refractivity contribution in [3.8, 4) is 0 Å². The smallest absolute Gasteiger partial charge is 0.233 e. The topological polar surface area (TPSA) is 52.7 Å². The number of likely N-dealkylation sites (N-methyl/N-ethyl adjacent to an activating group) is 1. The van der Waals surface area contributed by atoms with Crippen LogP contribution in [-0.4, -0.2) is 54.7 Å². The number of piperidine rings is 1. The van der Waals surface area contributed by atoms with Gasteiger partial charge in [0.25, 0.3) is 0 Å². The van der Waals surface area contributed by atoms with Crippen LogP contribution in [0.3, 0.4) is 0 Å². The van der Waals surface area contributed by atoms with E-state index in [0.717, 1.165) is 50.0 Å². The SMILES string of the molecule is CC(=O)CNC1(c2ccccc2)CCN(CC2CC2(C(=O)N(C)Cc2ccccc2Cl)c2ccc(Cl)c(Cl)c2)CC1. The van der Waals surface area contributed by atoms with Gasteiger partial charge in [0.15, 0.2) is 0 Å². The molecule has 5 nitrogen and oxygen atoms in total. The molecule has 3 aromatic rings. The fourth-order valence-corrected chi connectivity index (χ4v) is 6.90. The van der Waals surface area contributed by atoms with E-state index in [1.807, 2.05) is 49.5 Å². The van der Waals surface area contributed by atoms with Gasteiger partial charge in [-0.15, -0.1) is 0 Å². The molecule has 1 heterocycles. The number of hydrogen-bond donors (Lipinski definition) is 1. The summed E-state index contributed by atoms with van der Waals surface area (Å²) in [5, 5.41) is 5.16. The third-order valence-electron chi connectivity index (χ3n) is 8.82. The highest BCUT2D eigenvalue weighted by atomic mass is 35.5. The van der Waals surface area contributed by atoms with Crippen LogP contribution in [0.2, 0.25) is 15.1 Å². The number of rotatable bonds is 10. The first-order valence-electron chi connectivity index (χ1n) is 14.1. The van der Waals surface area contributed by atoms with Crippen LogP contribution in [0.15, 0.2) is 72.8 Å². The summed E-state index contributed by atoms with van der Waals surface area (Å²) in [5.41, 5.74) is 2.14. The lowest BCUT2D eigenvalue weighted by Gasteiger charge is -2.43. The lowest BCUT2D eigenvalue weighted by atomic mass is 9.80. The number of nitrogens with zero attached hydrogens (tertiary/aromatic N) is 2. The van der Waals surface area contributed by atoms with E-state index in [4.69, 9.17) is 34.8 Å². The minimum atomic E-state index is -0.662. The zero-order chi connectivity index (χ0) is 29.2. The van der Waals surface area contributed by atoms with Crippen LogP contribution >= 0.6 is 34.8 Å². The zero-order valence-corrected chi connectivity index (χ0v) is 25.8. The van der Waals surface area contributed by atoms with Gasteiger partial charge in [0.2, 0.25) is 5.91 Å². The second-order valence-corrected chi connectivity index (χ2v) is 12.8. The van der Waals surface area contributed by atoms with Crippen molar-refractivity contribution in [2.24, 2.45) is 5.92 Å². The zero-order valence-electron chi connectivity index (χ0n) is 23.5. The molecule has 1 amide bonds. The Morgan fingerprint density at radius 2 is 1.59 bits per heavy atom. The van der Waals surface area contributed by atoms with Gasteiger partial charge in [0.1, 0.15) is 5.78 Å². The molecular weight excluding hydrogens is 577 g/mol. The maximum Gasteiger partial charge on any atom is 0.233 e. The molecular formula is C33H36Cl3N3O2. The Labute approximate surface area is 257 Å². The first-order valence-corrected chi connectivity index (χ1v) is 15.2. The Bertz CT molecular complexity index is 1410. The van der Waals surface area contributed by atoms with E-state index in [9.17, 15) is 9.59 Å². The largest absolute Gasteiger partial charge is 0.341 e. The van der Waals surface area contributed by atoms with Crippen molar-refractivity contribution >= 4 is 46.5 Å². The number of amides is 1. The maximum absolute atomic E-state index is 14.2. The summed E-state index contributed by atoms with van der Waals surface area (Å²) < 4.78 is 0. The van der Waals surface area contributed by atoms with Crippen molar-refractivity contribution in [1.82, 2.24) is 15.1 Å². The molecule has 1 N–H and O–H groups in total. The summed E-state index contributed by atoms with van der Waals surface area (Å²) in [7, 11) is 1.84. The van der Waals surface area contributed by atoms with Crippen LogP contribution in [0.4, 0.5) is 0 Å². The van der Waals surface area contributed by atoms with E-state index in [-0.39, 0.29) is 23.1 Å². The predicted molar refractivity (Wildman–Crippen MR) is 167 cm³/mol. The molecule has 5 rings (SSSR count). The number of carbonyl (C=O) groups is 2. The molecule has 2 aliphatic rings. The summed E-state index contributed by atoms with van der Waals surface area (Å²) in [5.74, 6) is 0.349. The van der Waals surface area contributed by atoms with E-state index in [1.165, 1.54) is 5.56 Å². The molecule has 3 aromatic carbocycles. The number of Topliss-reactive ketones (excluding diaryl/α,β-unsaturated/α-hetero) is 1. The van der Waals surface area contributed by atoms with Gasteiger partial charge in [-0.05, 0) is 67.0 Å². The summed E-state index contributed by atoms with van der Waals surface area (Å²) in [4.78, 5) is 30.3. The van der Waals surface area contributed by atoms with Gasteiger partial charge in [0, 0.05) is 43.8 Å². The summed E-state index contributed by atoms with van der Waals surface area (Å²) in [6, 6.07) is 23.6. The van der Waals surface area contributed by atoms with E-state index >= 15 is 0 Å². The molecule has 1 aliphatic carbocycles. The number of ketones is 1. The van der Waals surface area contributed by atoms with Gasteiger partial charge in [-0.1, -0.05) is 89.4 Å². The average Bonchev–Trinajstić information content (AvgIpc) is 3.70. The highest BCUT2D eigenvalue weighted by molar-refractivity contribution is 6.42. The molecule has 1 saturated heterocycles. The van der Waals surface area contributed by atoms with Gasteiger partial charge in [-0.2, -0.15) is 0 Å². The van der Waals surface area contributed by atoms with Gasteiger partial charge in [-0.3, -0.25) is 9.59 Å². The van der Waals surface area contributed by atoms with Crippen LogP contribution in [0.5, 0.6) is 0 Å². The fourth-order valence-electron chi connectivity index (χ4n) is 6.40. The Morgan fingerprint density at radius 1 is 0.902 bits per heavy atom. The van der Waals surface area contributed by atoms with Crippen LogP contribution in [0.25, 0.3) is 0 Å². The maximum atomic E-state index is 14.2. The third-order valence-corrected chi connectivity index (χ3v) is 9.93. The van der Waals surface area contributed by atoms with Crippen molar-refractivity contribution in [1.29, 1.82) is 0 Å². The minimum absolute atomic E-state index is 0.0691. The van der Waals surface area contributed by atoms with Crippen molar-refractivity contribution in [2.75, 3.05) is 33.2 Å². The molecule has 41 heavy (non-hydrogen) atoms. The second kappa shape index (κ2) is 12.4. The molecule has 8 heteroatoms. The van der Waals surface area contributed by atoms with Gasteiger partial charge >= 0.3 is 0 Å². The molecule has 2 atom stereocenters. The third kappa shape index (κ3) is 6.35. The molecule has 2 unspecified atom stereocenters. The lowest BCUT2D eigenvalue weighted by Crippen LogP contribution is -2.52. The van der Waals surface area contributed by atoms with E-state index in [0.29, 0.717) is 28.2 Å². The predicted octanol–water partition coefficient (Wildman–Crippen LogP) is 6.73. The standard InChI is InChI=1S/C33H36Cl3N3O2/c1-23(40)20-37-32(25-9-4-3-5-10-25)14-16-39(17-15-32)22-27-19-33(27,26-12-13-29(35)30(36)18-26)31(41)38(2)21-24-8-6-7-11-28(24)34/h3-13,18,27,37H,14-17,19-22H2,1-2H3. The van der Waals surface area contributed by atoms with Crippen molar-refractivity contribution < 1.29 is 9.59 Å². The number of benzene rings is 3. The molecule has 216 valence electrons. The van der Waals surface area contributed by atoms with E-state index in [1.54, 1.807) is 17.9 Å². The molecule has 2 fully saturated rings. The van der Waals surface area contributed by atoms with Gasteiger partial charge in [-0.25, -0.2) is 0 Å². The summed E-state index contributed by atoms with van der Waals surface area (Å²) in [6.07, 6.45) is 2.52. The van der Waals surface area contributed by atoms with Gasteiger partial charge < -0.3 is 15.1 Å². The average molecular weight is 613 g/mol. The monoisotopic (exact) mass is 611 g/mol. The Hall–Kier alpha value is -2.41. The first kappa shape index (κ1) is 30.1. The summed E-state index contributed by atoms with van der Waals surface area (Å²) in [6.45, 7) is 4.96. The Morgan fingerprint density at radius 3 is 2.24 bits per heavy atom. The number of likely N-dealkylation sites (tertiary alicyclic amines) is 1. The Balaban J connectivity index is 1.34. The highest BCUT2D eigenvalue weighted by Gasteiger charge is 2.62. The van der Waals surface area contributed by atoms with Crippen molar-refractivity contribution in [3.63, 3.8) is 0 Å². The highest BCUT2D eigenvalue weighted by Crippen LogP contribution is 2.57. The minimum Gasteiger partial charge on any atom is -0.341 e. The summed E-state index contributed by atoms with van der Waals surface area (Å²) >= 11 is 19.1. The number of halogens is 3. The molecule has 0 spiro atoms. The van der Waals surface area contributed by atoms with Crippen LogP contribution in [0, 0.1) is 5.92 Å².